The average Bonchev–Trinajstić information content (AvgIpc) is 3.58. The first-order valence-electron chi connectivity index (χ1n) is 17.3. The summed E-state index contributed by atoms with van der Waals surface area (Å²) in [5.41, 5.74) is 3.12. The number of hydrogen-bond acceptors (Lipinski definition) is 3. The fourth-order valence-corrected chi connectivity index (χ4v) is 3.80. The van der Waals surface area contributed by atoms with Gasteiger partial charge in [0.15, 0.2) is 0 Å². The van der Waals surface area contributed by atoms with Crippen molar-refractivity contribution < 1.29 is 14.6 Å². The third-order valence-electron chi connectivity index (χ3n) is 6.30. The molecule has 3 aromatic carbocycles. The maximum atomic E-state index is 9.76. The van der Waals surface area contributed by atoms with Crippen LogP contribution in [0.1, 0.15) is 125 Å². The van der Waals surface area contributed by atoms with Gasteiger partial charge in [-0.1, -0.05) is 167 Å². The summed E-state index contributed by atoms with van der Waals surface area (Å²) in [5, 5.41) is 9.76. The van der Waals surface area contributed by atoms with Crippen LogP contribution in [0.4, 0.5) is 0 Å². The maximum Gasteiger partial charge on any atom is 0.136 e. The lowest BCUT2D eigenvalue weighted by Crippen LogP contribution is -2.46. The van der Waals surface area contributed by atoms with E-state index in [1.165, 1.54) is 30.4 Å². The van der Waals surface area contributed by atoms with Gasteiger partial charge in [-0.2, -0.15) is 0 Å². The Balaban J connectivity index is -0.000000478. The summed E-state index contributed by atoms with van der Waals surface area (Å²) < 4.78 is 10.2. The summed E-state index contributed by atoms with van der Waals surface area (Å²) in [7, 11) is 0. The van der Waals surface area contributed by atoms with Gasteiger partial charge in [0.05, 0.1) is 19.8 Å². The number of rotatable bonds is 2. The van der Waals surface area contributed by atoms with E-state index in [0.717, 1.165) is 30.3 Å². The van der Waals surface area contributed by atoms with E-state index >= 15 is 0 Å². The third kappa shape index (κ3) is 18.7. The van der Waals surface area contributed by atoms with Crippen LogP contribution in [0.2, 0.25) is 0 Å². The van der Waals surface area contributed by atoms with Crippen molar-refractivity contribution in [2.45, 2.75) is 120 Å². The molecule has 0 bridgehead atoms. The molecule has 0 unspecified atom stereocenters. The van der Waals surface area contributed by atoms with Gasteiger partial charge in [-0.3, -0.25) is 0 Å². The number of aliphatic hydroxyl groups is 1. The minimum Gasteiger partial charge on any atom is -0.493 e. The summed E-state index contributed by atoms with van der Waals surface area (Å²) in [6, 6.07) is 28.6. The topological polar surface area (TPSA) is 38.7 Å². The van der Waals surface area contributed by atoms with E-state index < -0.39 is 5.60 Å². The summed E-state index contributed by atoms with van der Waals surface area (Å²) >= 11 is 0. The van der Waals surface area contributed by atoms with Crippen LogP contribution < -0.4 is 4.74 Å². The zero-order valence-electron chi connectivity index (χ0n) is 30.5. The molecule has 3 nitrogen and oxygen atoms in total. The van der Waals surface area contributed by atoms with Gasteiger partial charge in [0.25, 0.3) is 0 Å². The summed E-state index contributed by atoms with van der Waals surface area (Å²) in [6.07, 6.45) is 9.32. The first-order chi connectivity index (χ1) is 21.7. The van der Waals surface area contributed by atoms with Crippen LogP contribution in [0, 0.1) is 0 Å². The summed E-state index contributed by atoms with van der Waals surface area (Å²) in [6.45, 7) is 25.7. The molecule has 3 aromatic rings. The van der Waals surface area contributed by atoms with Crippen molar-refractivity contribution in [1.29, 1.82) is 0 Å². The van der Waals surface area contributed by atoms with Crippen molar-refractivity contribution in [1.82, 2.24) is 0 Å². The second kappa shape index (κ2) is 33.0. The Morgan fingerprint density at radius 1 is 0.636 bits per heavy atom. The highest BCUT2D eigenvalue weighted by Gasteiger charge is 2.37. The smallest absolute Gasteiger partial charge is 0.136 e. The molecule has 2 fully saturated rings. The highest BCUT2D eigenvalue weighted by molar-refractivity contribution is 5.35. The van der Waals surface area contributed by atoms with Gasteiger partial charge >= 0.3 is 0 Å². The minimum atomic E-state index is -0.707. The molecule has 0 aromatic heterocycles. The molecule has 0 atom stereocenters. The van der Waals surface area contributed by atoms with Crippen LogP contribution in [0.5, 0.6) is 5.75 Å². The second-order valence-corrected chi connectivity index (χ2v) is 8.80. The van der Waals surface area contributed by atoms with Gasteiger partial charge in [-0.05, 0) is 55.4 Å². The van der Waals surface area contributed by atoms with Gasteiger partial charge in [0, 0.05) is 6.42 Å². The Labute approximate surface area is 273 Å². The molecule has 3 aliphatic rings. The van der Waals surface area contributed by atoms with Gasteiger partial charge < -0.3 is 14.6 Å². The number of benzene rings is 3. The zero-order valence-corrected chi connectivity index (χ0v) is 30.5. The molecule has 1 N–H and O–H groups in total. The van der Waals surface area contributed by atoms with Crippen LogP contribution in [0.3, 0.4) is 0 Å². The average molecular weight is 609 g/mol. The SMILES string of the molecule is C/C=C\C.CC.CC.CC.CC.CC.OC1(c2ccccc2)COC1.c1ccc(C2CCC2)cc1.c1ccc2c(c1)CCO2. The van der Waals surface area contributed by atoms with Crippen molar-refractivity contribution in [2.24, 2.45) is 0 Å². The van der Waals surface area contributed by atoms with Crippen molar-refractivity contribution >= 4 is 0 Å². The lowest BCUT2D eigenvalue weighted by Gasteiger charge is -2.36. The predicted molar refractivity (Wildman–Crippen MR) is 197 cm³/mol. The van der Waals surface area contributed by atoms with E-state index in [9.17, 15) is 5.11 Å². The van der Waals surface area contributed by atoms with E-state index in [1.54, 1.807) is 0 Å². The van der Waals surface area contributed by atoms with Gasteiger partial charge in [0.1, 0.15) is 11.4 Å². The highest BCUT2D eigenvalue weighted by Crippen LogP contribution is 2.35. The molecule has 2 heterocycles. The third-order valence-corrected chi connectivity index (χ3v) is 6.30. The normalized spacial score (nSPS) is 13.9. The lowest BCUT2D eigenvalue weighted by atomic mass is 9.80. The van der Waals surface area contributed by atoms with Gasteiger partial charge in [-0.25, -0.2) is 0 Å². The van der Waals surface area contributed by atoms with Crippen molar-refractivity contribution in [3.63, 3.8) is 0 Å². The highest BCUT2D eigenvalue weighted by atomic mass is 16.5. The van der Waals surface area contributed by atoms with Crippen molar-refractivity contribution in [3.05, 3.63) is 114 Å². The fourth-order valence-electron chi connectivity index (χ4n) is 3.80. The largest absolute Gasteiger partial charge is 0.493 e. The number of para-hydroxylation sites is 1. The number of allylic oxidation sites excluding steroid dienone is 2. The Bertz CT molecular complexity index is 948. The molecular formula is C41H68O3. The molecule has 44 heavy (non-hydrogen) atoms. The van der Waals surface area contributed by atoms with Crippen LogP contribution >= 0.6 is 0 Å². The lowest BCUT2D eigenvalue weighted by molar-refractivity contribution is -0.184. The van der Waals surface area contributed by atoms with E-state index in [0.29, 0.717) is 13.2 Å². The van der Waals surface area contributed by atoms with Gasteiger partial charge in [0.2, 0.25) is 0 Å². The molecule has 3 heteroatoms. The molecule has 0 radical (unpaired) electrons. The first-order valence-corrected chi connectivity index (χ1v) is 17.3. The van der Waals surface area contributed by atoms with E-state index in [1.807, 2.05) is 144 Å². The van der Waals surface area contributed by atoms with Crippen LogP contribution in [0.15, 0.2) is 97.1 Å². The molecule has 250 valence electrons. The molecule has 0 spiro atoms. The molecule has 1 aliphatic carbocycles. The first kappa shape index (κ1) is 45.5. The fraction of sp³-hybridized carbons (Fsp3) is 0.512. The van der Waals surface area contributed by atoms with E-state index in [4.69, 9.17) is 9.47 Å². The minimum absolute atomic E-state index is 0.428. The molecule has 1 saturated carbocycles. The summed E-state index contributed by atoms with van der Waals surface area (Å²) in [4.78, 5) is 0. The Kier molecular flexibility index (Phi) is 34.2. The van der Waals surface area contributed by atoms with Crippen molar-refractivity contribution in [3.8, 4) is 5.75 Å². The monoisotopic (exact) mass is 609 g/mol. The Hall–Kier alpha value is -2.88. The van der Waals surface area contributed by atoms with Crippen LogP contribution in [-0.4, -0.2) is 24.9 Å². The molecule has 6 rings (SSSR count). The molecule has 0 amide bonds. The molecule has 2 aliphatic heterocycles. The maximum absolute atomic E-state index is 9.76. The number of ether oxygens (including phenoxy) is 2. The Morgan fingerprint density at radius 3 is 1.48 bits per heavy atom. The van der Waals surface area contributed by atoms with E-state index in [2.05, 4.69) is 36.4 Å². The second-order valence-electron chi connectivity index (χ2n) is 8.80. The standard InChI is InChI=1S/C10H12.C9H10O2.C8H8O.C4H8.5C2H6/c1-2-5-9(6-3-1)10-7-4-8-10;10-9(6-11-7-9)8-4-2-1-3-5-8;1-2-4-8-7(3-1)5-6-9-8;1-3-4-2;5*1-2/h1-3,5-6,10H,4,7-8H2;1-5,10H,6-7H2;1-4H,5-6H2;3-4H,1-2H3;5*1-2H3/b;;;4-3-;;;;;. The molecular weight excluding hydrogens is 540 g/mol. The Morgan fingerprint density at radius 2 is 1.09 bits per heavy atom. The predicted octanol–water partition coefficient (Wildman–Crippen LogP) is 12.2. The quantitative estimate of drug-likeness (QED) is 0.294. The molecule has 1 saturated heterocycles. The van der Waals surface area contributed by atoms with E-state index in [-0.39, 0.29) is 0 Å². The van der Waals surface area contributed by atoms with Crippen LogP contribution in [-0.2, 0) is 16.8 Å². The number of fused-ring (bicyclic) bond motifs is 1. The zero-order chi connectivity index (χ0) is 34.1. The van der Waals surface area contributed by atoms with Crippen molar-refractivity contribution in [2.75, 3.05) is 19.8 Å². The van der Waals surface area contributed by atoms with Crippen LogP contribution in [0.25, 0.3) is 0 Å². The van der Waals surface area contributed by atoms with Gasteiger partial charge in [-0.15, -0.1) is 0 Å². The number of hydrogen-bond donors (Lipinski definition) is 1. The summed E-state index contributed by atoms with van der Waals surface area (Å²) in [5.74, 6) is 1.96.